The third-order valence-corrected chi connectivity index (χ3v) is 13.1. The number of carbonyl (C=O) groups is 2. The zero-order chi connectivity index (χ0) is 34.7. The van der Waals surface area contributed by atoms with Crippen molar-refractivity contribution >= 4 is 89.2 Å². The van der Waals surface area contributed by atoms with Crippen molar-refractivity contribution in [3.8, 4) is 5.06 Å². The van der Waals surface area contributed by atoms with Gasteiger partial charge in [0.15, 0.2) is 0 Å². The zero-order valence-electron chi connectivity index (χ0n) is 26.0. The molecule has 2 aromatic heterocycles. The van der Waals surface area contributed by atoms with Crippen molar-refractivity contribution in [3.63, 3.8) is 0 Å². The maximum Gasteiger partial charge on any atom is 0.316 e. The van der Waals surface area contributed by atoms with Gasteiger partial charge in [-0.3, -0.25) is 19.0 Å². The number of nitrogens with zero attached hydrogens (tertiary/aromatic N) is 1. The molecular formula is C31H33Cl2N3O7S4. The van der Waals surface area contributed by atoms with Crippen molar-refractivity contribution in [2.24, 2.45) is 5.92 Å². The number of benzene rings is 2. The number of thiophene rings is 2. The number of rotatable bonds is 13. The van der Waals surface area contributed by atoms with E-state index >= 15 is 0 Å². The Morgan fingerprint density at radius 3 is 1.83 bits per heavy atom. The molecule has 2 aromatic carbocycles. The van der Waals surface area contributed by atoms with Crippen LogP contribution in [0.1, 0.15) is 42.7 Å². The van der Waals surface area contributed by atoms with Gasteiger partial charge in [0.25, 0.3) is 20.0 Å². The fourth-order valence-electron chi connectivity index (χ4n) is 4.86. The highest BCUT2D eigenvalue weighted by Gasteiger charge is 2.38. The predicted molar refractivity (Wildman–Crippen MR) is 188 cm³/mol. The minimum Gasteiger partial charge on any atom is -0.413 e. The van der Waals surface area contributed by atoms with Crippen LogP contribution in [-0.4, -0.2) is 46.7 Å². The van der Waals surface area contributed by atoms with Crippen LogP contribution in [0.15, 0.2) is 69.1 Å². The highest BCUT2D eigenvalue weighted by molar-refractivity contribution is 7.93. The summed E-state index contributed by atoms with van der Waals surface area (Å²) in [6, 6.07) is 12.0. The average Bonchev–Trinajstić information content (AvgIpc) is 3.64. The summed E-state index contributed by atoms with van der Waals surface area (Å²) in [5.41, 5.74) is 0.887. The Balaban J connectivity index is 1.66. The molecule has 10 nitrogen and oxygen atoms in total. The first-order chi connectivity index (χ1) is 22.1. The van der Waals surface area contributed by atoms with E-state index < -0.39 is 43.8 Å². The van der Waals surface area contributed by atoms with Crippen molar-refractivity contribution in [1.82, 2.24) is 4.90 Å². The number of likely N-dealkylation sites (N-methyl/N-ethyl adjacent to an activating group) is 1. The van der Waals surface area contributed by atoms with Gasteiger partial charge in [-0.15, -0.1) is 22.7 Å². The Labute approximate surface area is 292 Å². The van der Waals surface area contributed by atoms with Crippen LogP contribution in [0.5, 0.6) is 5.06 Å². The molecule has 0 aliphatic rings. The number of halogens is 2. The summed E-state index contributed by atoms with van der Waals surface area (Å²) in [6.45, 7) is 8.98. The first kappa shape index (κ1) is 36.7. The average molecular weight is 759 g/mol. The van der Waals surface area contributed by atoms with Crippen LogP contribution in [-0.2, 0) is 29.6 Å². The SMILES string of the molecule is CCN(CC)C(=O)C(c1sccc1NS(=O)(=O)c1cccc(Cl)c1C)C(C)C(=O)Oc1sccc1NS(=O)(=O)c1cccc(Cl)c1C. The lowest BCUT2D eigenvalue weighted by Crippen LogP contribution is -2.39. The van der Waals surface area contributed by atoms with Crippen LogP contribution in [0.25, 0.3) is 0 Å². The smallest absolute Gasteiger partial charge is 0.316 e. The van der Waals surface area contributed by atoms with Crippen molar-refractivity contribution in [3.05, 3.63) is 85.3 Å². The van der Waals surface area contributed by atoms with Gasteiger partial charge in [-0.05, 0) is 86.0 Å². The van der Waals surface area contributed by atoms with Crippen LogP contribution in [0, 0.1) is 19.8 Å². The summed E-state index contributed by atoms with van der Waals surface area (Å²) >= 11 is 14.4. The number of ether oxygens (including phenoxy) is 1. The Morgan fingerprint density at radius 2 is 1.30 bits per heavy atom. The molecule has 0 aliphatic heterocycles. The Bertz CT molecular complexity index is 2010. The minimum atomic E-state index is -4.13. The number of esters is 1. The van der Waals surface area contributed by atoms with Crippen LogP contribution >= 0.6 is 45.9 Å². The van der Waals surface area contributed by atoms with Crippen LogP contribution in [0.2, 0.25) is 10.0 Å². The number of carbonyl (C=O) groups excluding carboxylic acids is 2. The lowest BCUT2D eigenvalue weighted by molar-refractivity contribution is -0.144. The highest BCUT2D eigenvalue weighted by Crippen LogP contribution is 2.40. The minimum absolute atomic E-state index is 0.0253. The molecule has 47 heavy (non-hydrogen) atoms. The van der Waals surface area contributed by atoms with Gasteiger partial charge in [-0.25, -0.2) is 16.8 Å². The van der Waals surface area contributed by atoms with Crippen molar-refractivity contribution in [2.75, 3.05) is 22.5 Å². The first-order valence-electron chi connectivity index (χ1n) is 14.3. The van der Waals surface area contributed by atoms with Crippen molar-refractivity contribution < 1.29 is 31.2 Å². The Morgan fingerprint density at radius 1 is 0.809 bits per heavy atom. The molecule has 2 N–H and O–H groups in total. The fourth-order valence-corrected chi connectivity index (χ4v) is 9.88. The van der Waals surface area contributed by atoms with Gasteiger partial charge < -0.3 is 9.64 Å². The summed E-state index contributed by atoms with van der Waals surface area (Å²) in [6.07, 6.45) is 0. The molecule has 16 heteroatoms. The number of sulfonamides is 2. The topological polar surface area (TPSA) is 139 Å². The molecule has 1 amide bonds. The first-order valence-corrected chi connectivity index (χ1v) is 19.8. The van der Waals surface area contributed by atoms with Crippen molar-refractivity contribution in [1.29, 1.82) is 0 Å². The molecule has 0 spiro atoms. The number of hydrogen-bond donors (Lipinski definition) is 2. The lowest BCUT2D eigenvalue weighted by Gasteiger charge is -2.28. The molecule has 4 rings (SSSR count). The van der Waals surface area contributed by atoms with E-state index in [1.165, 1.54) is 43.3 Å². The molecule has 0 bridgehead atoms. The maximum atomic E-state index is 13.9. The fraction of sp³-hybridized carbons (Fsp3) is 0.290. The van der Waals surface area contributed by atoms with Gasteiger partial charge >= 0.3 is 5.97 Å². The third kappa shape index (κ3) is 7.95. The summed E-state index contributed by atoms with van der Waals surface area (Å²) in [7, 11) is -8.23. The molecule has 252 valence electrons. The highest BCUT2D eigenvalue weighted by atomic mass is 35.5. The van der Waals surface area contributed by atoms with E-state index in [0.717, 1.165) is 22.7 Å². The maximum absolute atomic E-state index is 13.9. The predicted octanol–water partition coefficient (Wildman–Crippen LogP) is 7.53. The molecule has 0 saturated carbocycles. The molecule has 4 aromatic rings. The van der Waals surface area contributed by atoms with Crippen LogP contribution in [0.4, 0.5) is 11.4 Å². The Hall–Kier alpha value is -3.14. The van der Waals surface area contributed by atoms with Crippen molar-refractivity contribution in [2.45, 2.75) is 50.3 Å². The second-order valence-electron chi connectivity index (χ2n) is 10.5. The molecule has 2 unspecified atom stereocenters. The molecule has 0 radical (unpaired) electrons. The van der Waals surface area contributed by atoms with E-state index in [2.05, 4.69) is 9.44 Å². The van der Waals surface area contributed by atoms with Gasteiger partial charge in [0.05, 0.1) is 27.3 Å². The normalized spacial score (nSPS) is 13.1. The van der Waals surface area contributed by atoms with E-state index in [-0.39, 0.29) is 36.3 Å². The zero-order valence-corrected chi connectivity index (χ0v) is 30.8. The standard InChI is InChI=1S/C31H33Cl2N3O7S4/c1-6-36(7-2)29(37)27(28-23(14-16-44-28)34-46(39,40)25-12-8-10-21(32)18(25)3)20(5)30(38)43-31-24(15-17-45-31)35-47(41,42)26-13-9-11-22(33)19(26)4/h8-17,20,27,34-35H,6-7H2,1-5H3. The molecule has 0 aliphatic carbocycles. The summed E-state index contributed by atoms with van der Waals surface area (Å²) in [5, 5.41) is 3.71. The van der Waals surface area contributed by atoms with E-state index in [0.29, 0.717) is 29.1 Å². The molecule has 2 heterocycles. The van der Waals surface area contributed by atoms with E-state index in [9.17, 15) is 26.4 Å². The summed E-state index contributed by atoms with van der Waals surface area (Å²) in [4.78, 5) is 29.5. The van der Waals surface area contributed by atoms with Gasteiger partial charge in [-0.1, -0.05) is 42.3 Å². The number of amides is 1. The second-order valence-corrected chi connectivity index (χ2v) is 16.4. The van der Waals surface area contributed by atoms with Gasteiger partial charge in [0, 0.05) is 28.0 Å². The molecule has 2 atom stereocenters. The van der Waals surface area contributed by atoms with Gasteiger partial charge in [0.2, 0.25) is 11.0 Å². The van der Waals surface area contributed by atoms with Crippen LogP contribution < -0.4 is 14.2 Å². The summed E-state index contributed by atoms with van der Waals surface area (Å²) < 4.78 is 64.1. The molecule has 0 saturated heterocycles. The van der Waals surface area contributed by atoms with E-state index in [4.69, 9.17) is 27.9 Å². The number of anilines is 2. The third-order valence-electron chi connectivity index (χ3n) is 7.52. The Kier molecular flexibility index (Phi) is 11.7. The van der Waals surface area contributed by atoms with Gasteiger partial charge in [-0.2, -0.15) is 0 Å². The molecular weight excluding hydrogens is 726 g/mol. The van der Waals surface area contributed by atoms with E-state index in [1.807, 2.05) is 0 Å². The quantitative estimate of drug-likeness (QED) is 0.135. The largest absolute Gasteiger partial charge is 0.413 e. The van der Waals surface area contributed by atoms with Crippen LogP contribution in [0.3, 0.4) is 0 Å². The summed E-state index contributed by atoms with van der Waals surface area (Å²) in [5.74, 6) is -3.45. The monoisotopic (exact) mass is 757 g/mol. The number of nitrogens with one attached hydrogen (secondary N) is 2. The lowest BCUT2D eigenvalue weighted by atomic mass is 9.90. The number of hydrogen-bond acceptors (Lipinski definition) is 9. The molecule has 0 fully saturated rings. The second kappa shape index (κ2) is 15.0. The van der Waals surface area contributed by atoms with Gasteiger partial charge in [0.1, 0.15) is 5.69 Å². The van der Waals surface area contributed by atoms with E-state index in [1.54, 1.807) is 55.5 Å².